The number of amides is 1. The second-order valence-electron chi connectivity index (χ2n) is 4.96. The Balaban J connectivity index is 1.69. The van der Waals surface area contributed by atoms with Crippen LogP contribution in [0.5, 0.6) is 0 Å². The summed E-state index contributed by atoms with van der Waals surface area (Å²) in [6.45, 7) is 0. The SMILES string of the molecule is O=C(Cc1cnn(-c2ccccc2)c1)Nc1cccc(Cl)c1Cl. The maximum Gasteiger partial charge on any atom is 0.228 e. The number of anilines is 1. The molecule has 6 heteroatoms. The minimum atomic E-state index is -0.179. The molecule has 0 atom stereocenters. The maximum absolute atomic E-state index is 12.1. The second-order valence-corrected chi connectivity index (χ2v) is 5.74. The molecule has 0 aliphatic carbocycles. The number of carbonyl (C=O) groups excluding carboxylic acids is 1. The first kappa shape index (κ1) is 15.6. The summed E-state index contributed by atoms with van der Waals surface area (Å²) in [4.78, 5) is 12.1. The van der Waals surface area contributed by atoms with Crippen molar-refractivity contribution < 1.29 is 4.79 Å². The van der Waals surface area contributed by atoms with Gasteiger partial charge in [0.25, 0.3) is 0 Å². The Morgan fingerprint density at radius 3 is 2.65 bits per heavy atom. The lowest BCUT2D eigenvalue weighted by molar-refractivity contribution is -0.115. The summed E-state index contributed by atoms with van der Waals surface area (Å²) in [5.74, 6) is -0.179. The number of hydrogen-bond acceptors (Lipinski definition) is 2. The average molecular weight is 346 g/mol. The molecule has 1 heterocycles. The van der Waals surface area contributed by atoms with Gasteiger partial charge in [-0.1, -0.05) is 47.5 Å². The fourth-order valence-electron chi connectivity index (χ4n) is 2.15. The van der Waals surface area contributed by atoms with Crippen molar-refractivity contribution in [1.82, 2.24) is 9.78 Å². The quantitative estimate of drug-likeness (QED) is 0.763. The Labute approximate surface area is 143 Å². The van der Waals surface area contributed by atoms with Crippen LogP contribution >= 0.6 is 23.2 Å². The van der Waals surface area contributed by atoms with Crippen LogP contribution in [-0.2, 0) is 11.2 Å². The molecule has 23 heavy (non-hydrogen) atoms. The molecule has 0 saturated carbocycles. The first-order valence-electron chi connectivity index (χ1n) is 6.96. The van der Waals surface area contributed by atoms with Crippen molar-refractivity contribution in [3.8, 4) is 5.69 Å². The average Bonchev–Trinajstić information content (AvgIpc) is 3.01. The van der Waals surface area contributed by atoms with E-state index in [-0.39, 0.29) is 12.3 Å². The summed E-state index contributed by atoms with van der Waals surface area (Å²) in [6.07, 6.45) is 3.70. The van der Waals surface area contributed by atoms with Crippen LogP contribution in [0.15, 0.2) is 60.9 Å². The number of aromatic nitrogens is 2. The Hall–Kier alpha value is -2.30. The molecule has 1 amide bonds. The number of halogens is 2. The first-order valence-corrected chi connectivity index (χ1v) is 7.72. The van der Waals surface area contributed by atoms with Gasteiger partial charge in [0.1, 0.15) is 0 Å². The third-order valence-electron chi connectivity index (χ3n) is 3.25. The van der Waals surface area contributed by atoms with Crippen LogP contribution in [0.1, 0.15) is 5.56 Å². The van der Waals surface area contributed by atoms with Crippen LogP contribution in [0.25, 0.3) is 5.69 Å². The van der Waals surface area contributed by atoms with E-state index in [1.54, 1.807) is 29.1 Å². The molecule has 0 aliphatic rings. The number of para-hydroxylation sites is 1. The van der Waals surface area contributed by atoms with Crippen molar-refractivity contribution in [2.75, 3.05) is 5.32 Å². The third-order valence-corrected chi connectivity index (χ3v) is 4.07. The van der Waals surface area contributed by atoms with Gasteiger partial charge >= 0.3 is 0 Å². The van der Waals surface area contributed by atoms with Crippen molar-refractivity contribution in [3.63, 3.8) is 0 Å². The molecule has 0 aliphatic heterocycles. The van der Waals surface area contributed by atoms with Gasteiger partial charge in [-0.15, -0.1) is 0 Å². The minimum absolute atomic E-state index is 0.179. The number of rotatable bonds is 4. The topological polar surface area (TPSA) is 46.9 Å². The molecule has 3 aromatic rings. The standard InChI is InChI=1S/C17H13Cl2N3O/c18-14-7-4-8-15(17(14)19)21-16(23)9-12-10-20-22(11-12)13-5-2-1-3-6-13/h1-8,10-11H,9H2,(H,21,23). The van der Waals surface area contributed by atoms with Gasteiger partial charge in [0, 0.05) is 6.20 Å². The smallest absolute Gasteiger partial charge is 0.228 e. The highest BCUT2D eigenvalue weighted by Gasteiger charge is 2.10. The molecule has 0 saturated heterocycles. The number of carbonyl (C=O) groups is 1. The molecular weight excluding hydrogens is 333 g/mol. The minimum Gasteiger partial charge on any atom is -0.324 e. The number of benzene rings is 2. The van der Waals surface area contributed by atoms with Crippen LogP contribution in [0.3, 0.4) is 0 Å². The van der Waals surface area contributed by atoms with E-state index < -0.39 is 0 Å². The Bertz CT molecular complexity index is 831. The van der Waals surface area contributed by atoms with Crippen molar-refractivity contribution in [2.45, 2.75) is 6.42 Å². The van der Waals surface area contributed by atoms with Crippen LogP contribution in [-0.4, -0.2) is 15.7 Å². The number of nitrogens with zero attached hydrogens (tertiary/aromatic N) is 2. The van der Waals surface area contributed by atoms with Gasteiger partial charge < -0.3 is 5.32 Å². The summed E-state index contributed by atoms with van der Waals surface area (Å²) >= 11 is 12.0. The van der Waals surface area contributed by atoms with E-state index in [1.807, 2.05) is 36.5 Å². The highest BCUT2D eigenvalue weighted by atomic mass is 35.5. The number of nitrogens with one attached hydrogen (secondary N) is 1. The van der Waals surface area contributed by atoms with E-state index >= 15 is 0 Å². The molecule has 4 nitrogen and oxygen atoms in total. The van der Waals surface area contributed by atoms with Crippen molar-refractivity contribution >= 4 is 34.8 Å². The number of hydrogen-bond donors (Lipinski definition) is 1. The molecule has 3 rings (SSSR count). The van der Waals surface area contributed by atoms with Gasteiger partial charge in [0.15, 0.2) is 0 Å². The van der Waals surface area contributed by atoms with E-state index in [4.69, 9.17) is 23.2 Å². The zero-order valence-corrected chi connectivity index (χ0v) is 13.6. The largest absolute Gasteiger partial charge is 0.324 e. The predicted octanol–water partition coefficient (Wildman–Crippen LogP) is 4.36. The van der Waals surface area contributed by atoms with Gasteiger partial charge in [-0.3, -0.25) is 4.79 Å². The summed E-state index contributed by atoms with van der Waals surface area (Å²) in [5, 5.41) is 7.76. The van der Waals surface area contributed by atoms with Crippen molar-refractivity contribution in [1.29, 1.82) is 0 Å². The zero-order chi connectivity index (χ0) is 16.2. The lowest BCUT2D eigenvalue weighted by Crippen LogP contribution is -2.14. The van der Waals surface area contributed by atoms with E-state index in [2.05, 4.69) is 10.4 Å². The molecule has 0 fully saturated rings. The fourth-order valence-corrected chi connectivity index (χ4v) is 2.50. The lowest BCUT2D eigenvalue weighted by atomic mass is 10.2. The summed E-state index contributed by atoms with van der Waals surface area (Å²) in [7, 11) is 0. The summed E-state index contributed by atoms with van der Waals surface area (Å²) in [6, 6.07) is 14.8. The molecule has 0 bridgehead atoms. The van der Waals surface area contributed by atoms with Gasteiger partial charge in [-0.25, -0.2) is 4.68 Å². The third kappa shape index (κ3) is 3.73. The Morgan fingerprint density at radius 2 is 1.87 bits per heavy atom. The Kier molecular flexibility index (Phi) is 4.65. The summed E-state index contributed by atoms with van der Waals surface area (Å²) in [5.41, 5.74) is 2.25. The molecule has 2 aromatic carbocycles. The molecular formula is C17H13Cl2N3O. The van der Waals surface area contributed by atoms with Gasteiger partial charge in [0.2, 0.25) is 5.91 Å². The maximum atomic E-state index is 12.1. The van der Waals surface area contributed by atoms with Gasteiger partial charge in [-0.05, 0) is 29.8 Å². The van der Waals surface area contributed by atoms with Crippen LogP contribution < -0.4 is 5.32 Å². The molecule has 0 unspecified atom stereocenters. The zero-order valence-electron chi connectivity index (χ0n) is 12.0. The van der Waals surface area contributed by atoms with E-state index in [9.17, 15) is 4.79 Å². The van der Waals surface area contributed by atoms with Crippen molar-refractivity contribution in [2.24, 2.45) is 0 Å². The molecule has 116 valence electrons. The lowest BCUT2D eigenvalue weighted by Gasteiger charge is -2.07. The van der Waals surface area contributed by atoms with Crippen LogP contribution in [0, 0.1) is 0 Å². The summed E-state index contributed by atoms with van der Waals surface area (Å²) < 4.78 is 1.73. The molecule has 1 aromatic heterocycles. The highest BCUT2D eigenvalue weighted by Crippen LogP contribution is 2.29. The van der Waals surface area contributed by atoms with Crippen LogP contribution in [0.4, 0.5) is 5.69 Å². The van der Waals surface area contributed by atoms with Gasteiger partial charge in [0.05, 0.1) is 34.0 Å². The highest BCUT2D eigenvalue weighted by molar-refractivity contribution is 6.43. The second kappa shape index (κ2) is 6.86. The van der Waals surface area contributed by atoms with E-state index in [1.165, 1.54) is 0 Å². The van der Waals surface area contributed by atoms with Crippen molar-refractivity contribution in [3.05, 3.63) is 76.5 Å². The first-order chi connectivity index (χ1) is 11.1. The van der Waals surface area contributed by atoms with E-state index in [0.717, 1.165) is 11.3 Å². The normalized spacial score (nSPS) is 10.5. The molecule has 1 N–H and O–H groups in total. The predicted molar refractivity (Wildman–Crippen MR) is 92.4 cm³/mol. The fraction of sp³-hybridized carbons (Fsp3) is 0.0588. The monoisotopic (exact) mass is 345 g/mol. The molecule has 0 spiro atoms. The van der Waals surface area contributed by atoms with Gasteiger partial charge in [-0.2, -0.15) is 5.10 Å². The Morgan fingerprint density at radius 1 is 1.09 bits per heavy atom. The van der Waals surface area contributed by atoms with E-state index in [0.29, 0.717) is 15.7 Å². The van der Waals surface area contributed by atoms with Crippen LogP contribution in [0.2, 0.25) is 10.0 Å². The molecule has 0 radical (unpaired) electrons.